The van der Waals surface area contributed by atoms with Crippen molar-refractivity contribution < 1.29 is 22.0 Å². The van der Waals surface area contributed by atoms with Crippen LogP contribution in [0.1, 0.15) is 10.4 Å². The predicted molar refractivity (Wildman–Crippen MR) is 70.1 cm³/mol. The zero-order valence-electron chi connectivity index (χ0n) is 9.61. The summed E-state index contributed by atoms with van der Waals surface area (Å²) in [5.74, 6) is -0.714. The first-order chi connectivity index (χ1) is 8.62. The first-order valence-corrected chi connectivity index (χ1v) is 8.01. The van der Waals surface area contributed by atoms with Crippen molar-refractivity contribution >= 4 is 41.6 Å². The molecule has 106 valence electrons. The van der Waals surface area contributed by atoms with Gasteiger partial charge >= 0.3 is 0 Å². The molecule has 19 heavy (non-hydrogen) atoms. The van der Waals surface area contributed by atoms with Gasteiger partial charge in [0.2, 0.25) is 0 Å². The molecule has 4 nitrogen and oxygen atoms in total. The molecule has 0 spiro atoms. The predicted octanol–water partition coefficient (Wildman–Crippen LogP) is 2.71. The number of amides is 1. The summed E-state index contributed by atoms with van der Waals surface area (Å²) in [5, 5.41) is 0. The molecule has 0 bridgehead atoms. The van der Waals surface area contributed by atoms with Gasteiger partial charge in [0.1, 0.15) is 0 Å². The minimum Gasteiger partial charge on any atom is -0.336 e. The van der Waals surface area contributed by atoms with Crippen LogP contribution in [0.15, 0.2) is 27.6 Å². The molecule has 0 saturated carbocycles. The third-order valence-electron chi connectivity index (χ3n) is 2.20. The molecule has 9 heteroatoms. The van der Waals surface area contributed by atoms with E-state index in [1.54, 1.807) is 0 Å². The van der Waals surface area contributed by atoms with Crippen molar-refractivity contribution in [3.63, 3.8) is 0 Å². The number of nitrogens with zero attached hydrogens (tertiary/aromatic N) is 1. The standard InChI is InChI=1S/C10H9BrClF2NO3S/c1-15(5-9(13)14)10(16)6-2-3-7(11)8(4-6)19(12,17)18/h2-4,9H,5H2,1H3. The minimum absolute atomic E-state index is 0.0365. The lowest BCUT2D eigenvalue weighted by atomic mass is 10.2. The van der Waals surface area contributed by atoms with Gasteiger partial charge < -0.3 is 4.90 Å². The van der Waals surface area contributed by atoms with Crippen LogP contribution in [0.4, 0.5) is 8.78 Å². The van der Waals surface area contributed by atoms with Crippen molar-refractivity contribution in [2.75, 3.05) is 13.6 Å². The third kappa shape index (κ3) is 4.39. The van der Waals surface area contributed by atoms with Crippen molar-refractivity contribution in [3.05, 3.63) is 28.2 Å². The lowest BCUT2D eigenvalue weighted by molar-refractivity contribution is 0.0620. The summed E-state index contributed by atoms with van der Waals surface area (Å²) in [4.78, 5) is 12.3. The maximum absolute atomic E-state index is 12.2. The minimum atomic E-state index is -4.03. The molecule has 0 aliphatic heterocycles. The van der Waals surface area contributed by atoms with Crippen LogP contribution in [0.25, 0.3) is 0 Å². The zero-order valence-corrected chi connectivity index (χ0v) is 12.8. The van der Waals surface area contributed by atoms with E-state index in [-0.39, 0.29) is 14.9 Å². The Morgan fingerprint density at radius 3 is 2.53 bits per heavy atom. The number of carbonyl (C=O) groups is 1. The molecule has 0 aliphatic carbocycles. The molecule has 0 aliphatic rings. The third-order valence-corrected chi connectivity index (χ3v) is 4.52. The maximum atomic E-state index is 12.2. The first kappa shape index (κ1) is 16.3. The van der Waals surface area contributed by atoms with Crippen molar-refractivity contribution in [1.82, 2.24) is 4.90 Å². The van der Waals surface area contributed by atoms with E-state index in [9.17, 15) is 22.0 Å². The van der Waals surface area contributed by atoms with E-state index in [2.05, 4.69) is 15.9 Å². The van der Waals surface area contributed by atoms with Crippen LogP contribution in [0.5, 0.6) is 0 Å². The monoisotopic (exact) mass is 375 g/mol. The largest absolute Gasteiger partial charge is 0.336 e. The SMILES string of the molecule is CN(CC(F)F)C(=O)c1ccc(Br)c(S(=O)(=O)Cl)c1. The Morgan fingerprint density at radius 1 is 1.47 bits per heavy atom. The lowest BCUT2D eigenvalue weighted by Gasteiger charge is -2.16. The lowest BCUT2D eigenvalue weighted by Crippen LogP contribution is -2.31. The van der Waals surface area contributed by atoms with Crippen molar-refractivity contribution in [3.8, 4) is 0 Å². The van der Waals surface area contributed by atoms with Gasteiger partial charge in [-0.1, -0.05) is 0 Å². The van der Waals surface area contributed by atoms with E-state index in [1.807, 2.05) is 0 Å². The summed E-state index contributed by atoms with van der Waals surface area (Å²) in [7, 11) is 2.37. The average molecular weight is 377 g/mol. The number of hydrogen-bond acceptors (Lipinski definition) is 3. The molecular weight excluding hydrogens is 368 g/mol. The Hall–Kier alpha value is -0.730. The van der Waals surface area contributed by atoms with Crippen LogP contribution in [-0.4, -0.2) is 39.2 Å². The van der Waals surface area contributed by atoms with E-state index in [0.717, 1.165) is 11.0 Å². The fourth-order valence-electron chi connectivity index (χ4n) is 1.33. The molecule has 0 fully saturated rings. The number of alkyl halides is 2. The van der Waals surface area contributed by atoms with Gasteiger partial charge in [-0.05, 0) is 34.1 Å². The second kappa shape index (κ2) is 6.15. The zero-order chi connectivity index (χ0) is 14.8. The Balaban J connectivity index is 3.13. The van der Waals surface area contributed by atoms with Gasteiger partial charge in [-0.3, -0.25) is 4.79 Å². The molecule has 1 amide bonds. The number of hydrogen-bond donors (Lipinski definition) is 0. The van der Waals surface area contributed by atoms with Crippen LogP contribution in [0.2, 0.25) is 0 Å². The van der Waals surface area contributed by atoms with Gasteiger partial charge in [0.25, 0.3) is 21.4 Å². The smallest absolute Gasteiger partial charge is 0.262 e. The van der Waals surface area contributed by atoms with Gasteiger partial charge in [-0.15, -0.1) is 0 Å². The molecule has 0 heterocycles. The molecule has 0 radical (unpaired) electrons. The highest BCUT2D eigenvalue weighted by Crippen LogP contribution is 2.26. The second-order valence-corrected chi connectivity index (χ2v) is 7.05. The maximum Gasteiger partial charge on any atom is 0.262 e. The van der Waals surface area contributed by atoms with Crippen LogP contribution < -0.4 is 0 Å². The molecule has 0 saturated heterocycles. The molecule has 0 N–H and O–H groups in total. The summed E-state index contributed by atoms with van der Waals surface area (Å²) < 4.78 is 47.1. The topological polar surface area (TPSA) is 54.5 Å². The van der Waals surface area contributed by atoms with Crippen LogP contribution in [-0.2, 0) is 9.05 Å². The van der Waals surface area contributed by atoms with Gasteiger partial charge in [0.15, 0.2) is 0 Å². The quantitative estimate of drug-likeness (QED) is 0.759. The van der Waals surface area contributed by atoms with Crippen LogP contribution >= 0.6 is 26.6 Å². The Labute approximate surface area is 121 Å². The van der Waals surface area contributed by atoms with E-state index < -0.39 is 27.9 Å². The normalized spacial score (nSPS) is 11.7. The Kier molecular flexibility index (Phi) is 5.28. The first-order valence-electron chi connectivity index (χ1n) is 4.90. The van der Waals surface area contributed by atoms with Gasteiger partial charge in [-0.25, -0.2) is 17.2 Å². The molecular formula is C10H9BrClF2NO3S. The molecule has 0 aromatic heterocycles. The molecule has 0 atom stereocenters. The Morgan fingerprint density at radius 2 is 2.05 bits per heavy atom. The fraction of sp³-hybridized carbons (Fsp3) is 0.300. The van der Waals surface area contributed by atoms with Crippen molar-refractivity contribution in [1.29, 1.82) is 0 Å². The fourth-order valence-corrected chi connectivity index (χ4v) is 3.45. The highest BCUT2D eigenvalue weighted by atomic mass is 79.9. The van der Waals surface area contributed by atoms with Gasteiger partial charge in [-0.2, -0.15) is 0 Å². The Bertz CT molecular complexity index is 594. The van der Waals surface area contributed by atoms with Crippen molar-refractivity contribution in [2.24, 2.45) is 0 Å². The number of halogens is 4. The van der Waals surface area contributed by atoms with Crippen molar-refractivity contribution in [2.45, 2.75) is 11.3 Å². The second-order valence-electron chi connectivity index (χ2n) is 3.66. The summed E-state index contributed by atoms with van der Waals surface area (Å²) in [6.07, 6.45) is -2.67. The number of rotatable bonds is 4. The van der Waals surface area contributed by atoms with Gasteiger partial charge in [0, 0.05) is 27.8 Å². The van der Waals surface area contributed by atoms with E-state index in [1.165, 1.54) is 19.2 Å². The van der Waals surface area contributed by atoms with Crippen LogP contribution in [0, 0.1) is 0 Å². The summed E-state index contributed by atoms with van der Waals surface area (Å²) >= 11 is 2.98. The van der Waals surface area contributed by atoms with E-state index >= 15 is 0 Å². The highest BCUT2D eigenvalue weighted by molar-refractivity contribution is 9.10. The van der Waals surface area contributed by atoms with E-state index in [0.29, 0.717) is 0 Å². The molecule has 0 unspecified atom stereocenters. The average Bonchev–Trinajstić information content (AvgIpc) is 2.26. The van der Waals surface area contributed by atoms with Gasteiger partial charge in [0.05, 0.1) is 11.4 Å². The summed E-state index contributed by atoms with van der Waals surface area (Å²) in [5.41, 5.74) is -0.0365. The highest BCUT2D eigenvalue weighted by Gasteiger charge is 2.20. The number of benzene rings is 1. The summed E-state index contributed by atoms with van der Waals surface area (Å²) in [6.45, 7) is -0.738. The number of carbonyl (C=O) groups excluding carboxylic acids is 1. The molecule has 1 aromatic carbocycles. The summed E-state index contributed by atoms with van der Waals surface area (Å²) in [6, 6.07) is 3.68. The van der Waals surface area contributed by atoms with E-state index in [4.69, 9.17) is 10.7 Å². The van der Waals surface area contributed by atoms with Crippen LogP contribution in [0.3, 0.4) is 0 Å². The molecule has 1 aromatic rings. The molecule has 1 rings (SSSR count).